The van der Waals surface area contributed by atoms with Crippen LogP contribution in [0.5, 0.6) is 0 Å². The molecule has 0 saturated carbocycles. The number of methoxy groups -OCH3 is 1. The Kier molecular flexibility index (Phi) is 6.72. The van der Waals surface area contributed by atoms with Gasteiger partial charge in [0.1, 0.15) is 17.5 Å². The molecule has 5 heteroatoms. The highest BCUT2D eigenvalue weighted by Crippen LogP contribution is 2.20. The first-order chi connectivity index (χ1) is 13.6. The van der Waals surface area contributed by atoms with Crippen molar-refractivity contribution in [1.82, 2.24) is 0 Å². The van der Waals surface area contributed by atoms with E-state index >= 15 is 0 Å². The van der Waals surface area contributed by atoms with Crippen LogP contribution in [-0.4, -0.2) is 20.4 Å². The van der Waals surface area contributed by atoms with Crippen LogP contribution in [-0.2, 0) is 4.74 Å². The van der Waals surface area contributed by atoms with E-state index in [4.69, 9.17) is 4.74 Å². The number of hydrogen-bond donors (Lipinski definition) is 0. The number of halogens is 3. The summed E-state index contributed by atoms with van der Waals surface area (Å²) in [6.45, 7) is 0.271. The van der Waals surface area contributed by atoms with Crippen LogP contribution in [0.15, 0.2) is 78.9 Å². The molecule has 0 fully saturated rings. The van der Waals surface area contributed by atoms with Gasteiger partial charge in [-0.3, -0.25) is 0 Å². The number of benzene rings is 3. The van der Waals surface area contributed by atoms with Crippen LogP contribution < -0.4 is 10.9 Å². The van der Waals surface area contributed by atoms with Crippen LogP contribution in [0.2, 0.25) is 0 Å². The van der Waals surface area contributed by atoms with E-state index in [0.29, 0.717) is 13.0 Å². The van der Waals surface area contributed by atoms with Gasteiger partial charge in [0.15, 0.2) is 0 Å². The highest BCUT2D eigenvalue weighted by molar-refractivity contribution is 6.99. The highest BCUT2D eigenvalue weighted by atomic mass is 19.1. The maximum Gasteiger partial charge on any atom is 0.241 e. The van der Waals surface area contributed by atoms with E-state index in [1.54, 1.807) is 43.5 Å². The Morgan fingerprint density at radius 2 is 1.18 bits per heavy atom. The Morgan fingerprint density at radius 1 is 0.750 bits per heavy atom. The largest absolute Gasteiger partial charge is 0.384 e. The van der Waals surface area contributed by atoms with Crippen LogP contribution in [0.3, 0.4) is 0 Å². The Hall–Kier alpha value is -2.79. The van der Waals surface area contributed by atoms with E-state index in [0.717, 1.165) is 22.0 Å². The van der Waals surface area contributed by atoms with Crippen LogP contribution in [0.1, 0.15) is 12.0 Å². The lowest BCUT2D eigenvalue weighted by atomic mass is 9.35. The fraction of sp³-hybridized carbons (Fsp3) is 0.130. The monoisotopic (exact) mass is 380 g/mol. The second-order valence-corrected chi connectivity index (χ2v) is 6.48. The summed E-state index contributed by atoms with van der Waals surface area (Å²) < 4.78 is 45.6. The number of hydrogen-bond acceptors (Lipinski definition) is 1. The molecule has 0 atom stereocenters. The van der Waals surface area contributed by atoms with E-state index in [1.165, 1.54) is 36.4 Å². The maximum atomic E-state index is 13.5. The molecule has 0 radical (unpaired) electrons. The molecule has 0 saturated heterocycles. The summed E-state index contributed by atoms with van der Waals surface area (Å²) in [6.07, 6.45) is 2.69. The van der Waals surface area contributed by atoms with Crippen molar-refractivity contribution in [3.05, 3.63) is 102 Å². The van der Waals surface area contributed by atoms with Crippen LogP contribution in [0, 0.1) is 17.5 Å². The van der Waals surface area contributed by atoms with Crippen molar-refractivity contribution < 1.29 is 17.9 Å². The molecular weight excluding hydrogens is 360 g/mol. The topological polar surface area (TPSA) is 9.23 Å². The third-order valence-corrected chi connectivity index (χ3v) is 4.58. The fourth-order valence-electron chi connectivity index (χ4n) is 3.24. The van der Waals surface area contributed by atoms with Crippen molar-refractivity contribution in [2.24, 2.45) is 0 Å². The van der Waals surface area contributed by atoms with Crippen molar-refractivity contribution in [3.63, 3.8) is 0 Å². The zero-order valence-corrected chi connectivity index (χ0v) is 15.5. The van der Waals surface area contributed by atoms with Crippen LogP contribution in [0.4, 0.5) is 13.2 Å². The molecule has 0 aliphatic rings. The average molecular weight is 380 g/mol. The molecule has 0 spiro atoms. The summed E-state index contributed by atoms with van der Waals surface area (Å²) in [6, 6.07) is 18.8. The molecule has 0 N–H and O–H groups in total. The van der Waals surface area contributed by atoms with Crippen molar-refractivity contribution in [3.8, 4) is 0 Å². The van der Waals surface area contributed by atoms with E-state index in [2.05, 4.69) is 0 Å². The van der Waals surface area contributed by atoms with Gasteiger partial charge in [-0.1, -0.05) is 58.9 Å². The molecule has 0 unspecified atom stereocenters. The summed E-state index contributed by atoms with van der Waals surface area (Å²) in [7, 11) is 1.63. The molecule has 0 amide bonds. The van der Waals surface area contributed by atoms with Crippen molar-refractivity contribution in [2.45, 2.75) is 6.42 Å². The van der Waals surface area contributed by atoms with E-state index in [-0.39, 0.29) is 24.2 Å². The Morgan fingerprint density at radius 3 is 1.61 bits per heavy atom. The second-order valence-electron chi connectivity index (χ2n) is 6.48. The minimum atomic E-state index is -0.326. The smallest absolute Gasteiger partial charge is 0.241 e. The van der Waals surface area contributed by atoms with Gasteiger partial charge in [0.25, 0.3) is 0 Å². The SMILES string of the molecule is COCC/C=C(\B(c1ccc(F)cc1)c1ccc(F)cc1)c1ccc(F)cc1. The van der Waals surface area contributed by atoms with Gasteiger partial charge in [-0.15, -0.1) is 0 Å². The number of rotatable bonds is 7. The lowest BCUT2D eigenvalue weighted by Crippen LogP contribution is -2.43. The quantitative estimate of drug-likeness (QED) is 0.437. The molecule has 3 aromatic carbocycles. The normalized spacial score (nSPS) is 11.5. The van der Waals surface area contributed by atoms with E-state index in [1.807, 2.05) is 6.08 Å². The van der Waals surface area contributed by atoms with Gasteiger partial charge in [-0.25, -0.2) is 13.2 Å². The molecule has 3 rings (SSSR count). The summed E-state index contributed by atoms with van der Waals surface area (Å²) in [5, 5.41) is 0. The van der Waals surface area contributed by atoms with Crippen molar-refractivity contribution in [1.29, 1.82) is 0 Å². The Balaban J connectivity index is 2.14. The van der Waals surface area contributed by atoms with Gasteiger partial charge in [0, 0.05) is 13.7 Å². The van der Waals surface area contributed by atoms with Gasteiger partial charge < -0.3 is 4.74 Å². The second kappa shape index (κ2) is 9.42. The minimum absolute atomic E-state index is 0.261. The van der Waals surface area contributed by atoms with Gasteiger partial charge in [-0.2, -0.15) is 0 Å². The molecule has 3 aromatic rings. The van der Waals surface area contributed by atoms with Gasteiger partial charge in [0.05, 0.1) is 0 Å². The molecule has 142 valence electrons. The first-order valence-electron chi connectivity index (χ1n) is 9.04. The molecule has 0 aliphatic heterocycles. The van der Waals surface area contributed by atoms with Crippen LogP contribution in [0.25, 0.3) is 5.47 Å². The van der Waals surface area contributed by atoms with Crippen molar-refractivity contribution >= 4 is 23.1 Å². The van der Waals surface area contributed by atoms with Gasteiger partial charge >= 0.3 is 0 Å². The predicted octanol–water partition coefficient (Wildman–Crippen LogP) is 4.37. The maximum absolute atomic E-state index is 13.5. The summed E-state index contributed by atoms with van der Waals surface area (Å²) in [5.41, 5.74) is 3.49. The molecule has 1 nitrogen and oxygen atoms in total. The Labute approximate surface area is 163 Å². The first-order valence-corrected chi connectivity index (χ1v) is 9.04. The molecule has 0 aliphatic carbocycles. The molecule has 0 aromatic heterocycles. The first kappa shape index (κ1) is 20.0. The Bertz CT molecular complexity index is 874. The summed E-state index contributed by atoms with van der Waals surface area (Å²) in [4.78, 5) is 0. The molecule has 28 heavy (non-hydrogen) atoms. The zero-order chi connectivity index (χ0) is 19.9. The highest BCUT2D eigenvalue weighted by Gasteiger charge is 2.25. The summed E-state index contributed by atoms with van der Waals surface area (Å²) in [5.74, 6) is -0.971. The lowest BCUT2D eigenvalue weighted by molar-refractivity contribution is 0.204. The number of ether oxygens (including phenoxy) is 1. The van der Waals surface area contributed by atoms with Crippen LogP contribution >= 0.6 is 0 Å². The molecule has 0 bridgehead atoms. The van der Waals surface area contributed by atoms with E-state index in [9.17, 15) is 13.2 Å². The lowest BCUT2D eigenvalue weighted by Gasteiger charge is -2.20. The van der Waals surface area contributed by atoms with E-state index < -0.39 is 0 Å². The summed E-state index contributed by atoms with van der Waals surface area (Å²) >= 11 is 0. The fourth-order valence-corrected chi connectivity index (χ4v) is 3.24. The van der Waals surface area contributed by atoms with Gasteiger partial charge in [-0.05, 0) is 48.4 Å². The predicted molar refractivity (Wildman–Crippen MR) is 109 cm³/mol. The van der Waals surface area contributed by atoms with Gasteiger partial charge in [0.2, 0.25) is 6.71 Å². The minimum Gasteiger partial charge on any atom is -0.384 e. The van der Waals surface area contributed by atoms with Crippen molar-refractivity contribution in [2.75, 3.05) is 13.7 Å². The molecule has 0 heterocycles. The zero-order valence-electron chi connectivity index (χ0n) is 15.5. The average Bonchev–Trinajstić information content (AvgIpc) is 2.70. The standard InChI is InChI=1S/C23H20BF3O/c1-28-16-2-3-23(17-4-10-20(25)11-5-17)24(18-6-12-21(26)13-7-18)19-8-14-22(27)15-9-19/h3-15H,2,16H2,1H3/b23-3-. The third kappa shape index (κ3) is 4.93. The molecular formula is C23H20BF3O. The third-order valence-electron chi connectivity index (χ3n) is 4.58.